The second-order valence-electron chi connectivity index (χ2n) is 5.08. The molecule has 0 atom stereocenters. The monoisotopic (exact) mass is 301 g/mol. The van der Waals surface area contributed by atoms with Gasteiger partial charge in [0.1, 0.15) is 11.8 Å². The quantitative estimate of drug-likeness (QED) is 0.900. The van der Waals surface area contributed by atoms with Gasteiger partial charge in [-0.3, -0.25) is 0 Å². The minimum absolute atomic E-state index is 0.0888. The zero-order valence-electron chi connectivity index (χ0n) is 11.6. The van der Waals surface area contributed by atoms with Crippen molar-refractivity contribution in [1.29, 1.82) is 5.26 Å². The Morgan fingerprint density at radius 3 is 2.59 bits per heavy atom. The molecule has 0 aliphatic heterocycles. The highest BCUT2D eigenvalue weighted by Crippen LogP contribution is 2.41. The lowest BCUT2D eigenvalue weighted by Crippen LogP contribution is -2.02. The maximum atomic E-state index is 12.1. The average Bonchev–Trinajstić information content (AvgIpc) is 3.33. The van der Waals surface area contributed by atoms with Crippen LogP contribution < -0.4 is 10.1 Å². The van der Waals surface area contributed by atoms with Crippen molar-refractivity contribution in [3.63, 3.8) is 0 Å². The molecule has 6 heteroatoms. The summed E-state index contributed by atoms with van der Waals surface area (Å²) in [5.41, 5.74) is 2.71. The fraction of sp³-hybridized carbons (Fsp3) is 0.250. The molecule has 22 heavy (non-hydrogen) atoms. The molecule has 0 spiro atoms. The molecular weight excluding hydrogens is 288 g/mol. The molecule has 0 unspecified atom stereocenters. The molecule has 0 saturated heterocycles. The highest BCUT2D eigenvalue weighted by molar-refractivity contribution is 5.65. The summed E-state index contributed by atoms with van der Waals surface area (Å²) in [6.07, 6.45) is 4.03. The van der Waals surface area contributed by atoms with Crippen LogP contribution in [0.2, 0.25) is 0 Å². The normalized spacial score (nSPS) is 13.7. The van der Waals surface area contributed by atoms with Gasteiger partial charge in [-0.25, -0.2) is 4.98 Å². The first-order chi connectivity index (χ1) is 10.7. The van der Waals surface area contributed by atoms with Crippen LogP contribution >= 0.6 is 0 Å². The standard InChI is InChI=1S/C16H13F2N3O/c17-16(18)22-13-5-3-12(4-6-13)21-14-7-11(10-1-2-10)9-20-15(14)8-19/h3-7,9-10,16,21H,1-2H2. The summed E-state index contributed by atoms with van der Waals surface area (Å²) in [6, 6.07) is 10.1. The van der Waals surface area contributed by atoms with Gasteiger partial charge in [-0.1, -0.05) is 0 Å². The molecule has 1 saturated carbocycles. The van der Waals surface area contributed by atoms with Gasteiger partial charge >= 0.3 is 6.61 Å². The Kier molecular flexibility index (Phi) is 3.88. The molecule has 1 fully saturated rings. The molecule has 0 radical (unpaired) electrons. The van der Waals surface area contributed by atoms with E-state index >= 15 is 0 Å². The number of halogens is 2. The van der Waals surface area contributed by atoms with Crippen LogP contribution in [0.15, 0.2) is 36.5 Å². The van der Waals surface area contributed by atoms with Gasteiger partial charge in [-0.15, -0.1) is 0 Å². The Labute approximate surface area is 126 Å². The summed E-state index contributed by atoms with van der Waals surface area (Å²) in [4.78, 5) is 4.16. The van der Waals surface area contributed by atoms with E-state index in [1.54, 1.807) is 18.3 Å². The smallest absolute Gasteiger partial charge is 0.387 e. The van der Waals surface area contributed by atoms with Crippen molar-refractivity contribution in [3.05, 3.63) is 47.8 Å². The third kappa shape index (κ3) is 3.31. The Bertz CT molecular complexity index is 706. The van der Waals surface area contributed by atoms with E-state index in [1.807, 2.05) is 12.1 Å². The van der Waals surface area contributed by atoms with E-state index in [0.29, 0.717) is 23.0 Å². The largest absolute Gasteiger partial charge is 0.435 e. The van der Waals surface area contributed by atoms with Crippen molar-refractivity contribution in [1.82, 2.24) is 4.98 Å². The third-order valence-electron chi connectivity index (χ3n) is 3.42. The van der Waals surface area contributed by atoms with Gasteiger partial charge in [0.2, 0.25) is 0 Å². The number of rotatable bonds is 5. The summed E-state index contributed by atoms with van der Waals surface area (Å²) in [6.45, 7) is -2.84. The molecule has 2 aromatic rings. The Morgan fingerprint density at radius 1 is 1.27 bits per heavy atom. The van der Waals surface area contributed by atoms with Crippen LogP contribution in [0, 0.1) is 11.3 Å². The number of nitrogens with zero attached hydrogens (tertiary/aromatic N) is 2. The number of pyridine rings is 1. The number of anilines is 2. The summed E-state index contributed by atoms with van der Waals surface area (Å²) in [5, 5.41) is 12.2. The lowest BCUT2D eigenvalue weighted by Gasteiger charge is -2.10. The number of hydrogen-bond donors (Lipinski definition) is 1. The van der Waals surface area contributed by atoms with Crippen molar-refractivity contribution in [2.75, 3.05) is 5.32 Å². The van der Waals surface area contributed by atoms with Crippen LogP contribution in [0.5, 0.6) is 5.75 Å². The van der Waals surface area contributed by atoms with E-state index in [-0.39, 0.29) is 5.75 Å². The minimum atomic E-state index is -2.84. The molecule has 112 valence electrons. The van der Waals surface area contributed by atoms with Crippen LogP contribution in [0.25, 0.3) is 0 Å². The first-order valence-electron chi connectivity index (χ1n) is 6.87. The lowest BCUT2D eigenvalue weighted by atomic mass is 10.1. The SMILES string of the molecule is N#Cc1ncc(C2CC2)cc1Nc1ccc(OC(F)F)cc1. The molecule has 1 aromatic heterocycles. The highest BCUT2D eigenvalue weighted by atomic mass is 19.3. The third-order valence-corrected chi connectivity index (χ3v) is 3.42. The molecule has 1 aliphatic carbocycles. The van der Waals surface area contributed by atoms with Crippen LogP contribution in [0.3, 0.4) is 0 Å². The fourth-order valence-electron chi connectivity index (χ4n) is 2.18. The molecule has 1 aliphatic rings. The van der Waals surface area contributed by atoms with Gasteiger partial charge in [-0.05, 0) is 54.7 Å². The first kappa shape index (κ1) is 14.3. The molecule has 0 amide bonds. The number of benzene rings is 1. The summed E-state index contributed by atoms with van der Waals surface area (Å²) < 4.78 is 28.5. The van der Waals surface area contributed by atoms with E-state index < -0.39 is 6.61 Å². The van der Waals surface area contributed by atoms with Crippen LogP contribution in [0.1, 0.15) is 30.0 Å². The first-order valence-corrected chi connectivity index (χ1v) is 6.87. The summed E-state index contributed by atoms with van der Waals surface area (Å²) in [5.74, 6) is 0.619. The number of nitrogens with one attached hydrogen (secondary N) is 1. The van der Waals surface area contributed by atoms with Gasteiger partial charge in [-0.2, -0.15) is 14.0 Å². The number of ether oxygens (including phenoxy) is 1. The zero-order valence-corrected chi connectivity index (χ0v) is 11.6. The predicted molar refractivity (Wildman–Crippen MR) is 77.3 cm³/mol. The number of nitriles is 1. The van der Waals surface area contributed by atoms with E-state index in [2.05, 4.69) is 15.0 Å². The van der Waals surface area contributed by atoms with E-state index in [1.165, 1.54) is 12.1 Å². The number of aromatic nitrogens is 1. The lowest BCUT2D eigenvalue weighted by molar-refractivity contribution is -0.0498. The number of alkyl halides is 2. The molecule has 0 bridgehead atoms. The minimum Gasteiger partial charge on any atom is -0.435 e. The van der Waals surface area contributed by atoms with Crippen LogP contribution in [-0.4, -0.2) is 11.6 Å². The van der Waals surface area contributed by atoms with Crippen molar-refractivity contribution in [3.8, 4) is 11.8 Å². The van der Waals surface area contributed by atoms with Gasteiger partial charge in [0, 0.05) is 11.9 Å². The molecular formula is C16H13F2N3O. The highest BCUT2D eigenvalue weighted by Gasteiger charge is 2.24. The van der Waals surface area contributed by atoms with Gasteiger partial charge in [0.05, 0.1) is 5.69 Å². The topological polar surface area (TPSA) is 57.9 Å². The van der Waals surface area contributed by atoms with Gasteiger partial charge in [0.25, 0.3) is 0 Å². The summed E-state index contributed by atoms with van der Waals surface area (Å²) >= 11 is 0. The Balaban J connectivity index is 1.79. The van der Waals surface area contributed by atoms with Gasteiger partial charge in [0.15, 0.2) is 5.69 Å². The average molecular weight is 301 g/mol. The van der Waals surface area contributed by atoms with Crippen molar-refractivity contribution in [2.45, 2.75) is 25.4 Å². The molecule has 3 rings (SSSR count). The summed E-state index contributed by atoms with van der Waals surface area (Å²) in [7, 11) is 0. The maximum absolute atomic E-state index is 12.1. The Hall–Kier alpha value is -2.68. The van der Waals surface area contributed by atoms with Gasteiger partial charge < -0.3 is 10.1 Å². The fourth-order valence-corrected chi connectivity index (χ4v) is 2.18. The maximum Gasteiger partial charge on any atom is 0.387 e. The number of hydrogen-bond acceptors (Lipinski definition) is 4. The predicted octanol–water partition coefficient (Wildman–Crippen LogP) is 4.18. The van der Waals surface area contributed by atoms with E-state index in [9.17, 15) is 8.78 Å². The molecule has 1 N–H and O–H groups in total. The van der Waals surface area contributed by atoms with Crippen LogP contribution in [-0.2, 0) is 0 Å². The zero-order chi connectivity index (χ0) is 15.5. The van der Waals surface area contributed by atoms with E-state index in [4.69, 9.17) is 5.26 Å². The van der Waals surface area contributed by atoms with Crippen molar-refractivity contribution < 1.29 is 13.5 Å². The molecule has 1 aromatic carbocycles. The Morgan fingerprint density at radius 2 is 2.00 bits per heavy atom. The molecule has 1 heterocycles. The van der Waals surface area contributed by atoms with Crippen LogP contribution in [0.4, 0.5) is 20.2 Å². The van der Waals surface area contributed by atoms with Crippen molar-refractivity contribution in [2.24, 2.45) is 0 Å². The molecule has 4 nitrogen and oxygen atoms in total. The second-order valence-corrected chi connectivity index (χ2v) is 5.08. The van der Waals surface area contributed by atoms with Crippen molar-refractivity contribution >= 4 is 11.4 Å². The second kappa shape index (κ2) is 5.98. The van der Waals surface area contributed by atoms with E-state index in [0.717, 1.165) is 18.4 Å².